The van der Waals surface area contributed by atoms with E-state index in [-0.39, 0.29) is 23.2 Å². The molecular weight excluding hydrogens is 262 g/mol. The minimum atomic E-state index is -0.516. The van der Waals surface area contributed by atoms with Gasteiger partial charge in [0.05, 0.1) is 13.0 Å². The number of aliphatic hydroxyl groups is 1. The second-order valence-electron chi connectivity index (χ2n) is 5.92. The van der Waals surface area contributed by atoms with Crippen LogP contribution in [0.3, 0.4) is 0 Å². The van der Waals surface area contributed by atoms with Gasteiger partial charge >= 0.3 is 5.97 Å². The van der Waals surface area contributed by atoms with Crippen LogP contribution in [0.4, 0.5) is 0 Å². The minimum Gasteiger partial charge on any atom is -0.469 e. The van der Waals surface area contributed by atoms with Gasteiger partial charge < -0.3 is 9.84 Å². The Balaban J connectivity index is 2.07. The molecule has 3 atom stereocenters. The fourth-order valence-corrected chi connectivity index (χ4v) is 3.84. The van der Waals surface area contributed by atoms with Crippen LogP contribution in [0.15, 0.2) is 11.6 Å². The summed E-state index contributed by atoms with van der Waals surface area (Å²) in [4.78, 5) is 16.0. The van der Waals surface area contributed by atoms with Crippen LogP contribution in [0.25, 0.3) is 0 Å². The zero-order valence-corrected chi connectivity index (χ0v) is 12.4. The van der Waals surface area contributed by atoms with E-state index in [1.54, 1.807) is 6.20 Å². The number of aromatic nitrogens is 1. The number of ether oxygens (including phenoxy) is 1. The summed E-state index contributed by atoms with van der Waals surface area (Å²) in [6.07, 6.45) is 3.62. The molecule has 19 heavy (non-hydrogen) atoms. The smallest absolute Gasteiger partial charge is 0.309 e. The molecule has 1 heterocycles. The Morgan fingerprint density at radius 2 is 2.32 bits per heavy atom. The summed E-state index contributed by atoms with van der Waals surface area (Å²) >= 11 is 1.48. The number of hydrogen-bond donors (Lipinski definition) is 1. The van der Waals surface area contributed by atoms with Crippen molar-refractivity contribution in [2.24, 2.45) is 17.3 Å². The van der Waals surface area contributed by atoms with Gasteiger partial charge in [0.15, 0.2) is 0 Å². The molecule has 1 aromatic rings. The van der Waals surface area contributed by atoms with Crippen molar-refractivity contribution in [1.82, 2.24) is 4.98 Å². The fourth-order valence-electron chi connectivity index (χ4n) is 3.12. The molecule has 1 saturated carbocycles. The van der Waals surface area contributed by atoms with Crippen molar-refractivity contribution < 1.29 is 14.6 Å². The van der Waals surface area contributed by atoms with Crippen LogP contribution in [0.2, 0.25) is 0 Å². The Kier molecular flexibility index (Phi) is 4.26. The van der Waals surface area contributed by atoms with Crippen molar-refractivity contribution in [3.05, 3.63) is 16.6 Å². The predicted molar refractivity (Wildman–Crippen MR) is 73.7 cm³/mol. The van der Waals surface area contributed by atoms with Gasteiger partial charge in [-0.1, -0.05) is 13.8 Å². The van der Waals surface area contributed by atoms with E-state index in [1.807, 2.05) is 5.38 Å². The van der Waals surface area contributed by atoms with E-state index in [0.717, 1.165) is 24.3 Å². The van der Waals surface area contributed by atoms with Crippen molar-refractivity contribution >= 4 is 17.3 Å². The molecule has 1 N–H and O–H groups in total. The van der Waals surface area contributed by atoms with Gasteiger partial charge in [0.1, 0.15) is 11.1 Å². The van der Waals surface area contributed by atoms with Crippen molar-refractivity contribution in [2.45, 2.75) is 39.2 Å². The average Bonchev–Trinajstić information content (AvgIpc) is 2.89. The van der Waals surface area contributed by atoms with Crippen LogP contribution < -0.4 is 0 Å². The predicted octanol–water partition coefficient (Wildman–Crippen LogP) is 2.79. The Hall–Kier alpha value is -0.940. The maximum absolute atomic E-state index is 11.8. The van der Waals surface area contributed by atoms with E-state index in [2.05, 4.69) is 18.8 Å². The molecule has 0 aliphatic heterocycles. The number of thiazole rings is 1. The van der Waals surface area contributed by atoms with Gasteiger partial charge in [0.2, 0.25) is 0 Å². The third-order valence-corrected chi connectivity index (χ3v) is 5.04. The zero-order valence-electron chi connectivity index (χ0n) is 11.6. The number of nitrogens with zero attached hydrogens (tertiary/aromatic N) is 1. The minimum absolute atomic E-state index is 0.0720. The molecule has 1 fully saturated rings. The van der Waals surface area contributed by atoms with Crippen LogP contribution in [0.5, 0.6) is 0 Å². The second kappa shape index (κ2) is 5.59. The number of hydrogen-bond acceptors (Lipinski definition) is 5. The number of rotatable bonds is 3. The topological polar surface area (TPSA) is 59.4 Å². The third-order valence-electron chi connectivity index (χ3n) is 4.19. The molecule has 106 valence electrons. The van der Waals surface area contributed by atoms with Crippen LogP contribution in [0.1, 0.15) is 44.2 Å². The van der Waals surface area contributed by atoms with E-state index in [0.29, 0.717) is 0 Å². The van der Waals surface area contributed by atoms with Crippen molar-refractivity contribution in [3.63, 3.8) is 0 Å². The van der Waals surface area contributed by atoms with E-state index >= 15 is 0 Å². The van der Waals surface area contributed by atoms with Gasteiger partial charge in [-0.05, 0) is 30.6 Å². The molecule has 2 rings (SSSR count). The summed E-state index contributed by atoms with van der Waals surface area (Å²) < 4.78 is 4.88. The summed E-state index contributed by atoms with van der Waals surface area (Å²) in [6, 6.07) is 0. The highest BCUT2D eigenvalue weighted by molar-refractivity contribution is 7.09. The van der Waals surface area contributed by atoms with Crippen LogP contribution in [-0.4, -0.2) is 23.2 Å². The molecule has 0 amide bonds. The van der Waals surface area contributed by atoms with E-state index in [4.69, 9.17) is 4.74 Å². The number of aliphatic hydroxyl groups excluding tert-OH is 1. The maximum atomic E-state index is 11.8. The van der Waals surface area contributed by atoms with Crippen molar-refractivity contribution in [2.75, 3.05) is 7.11 Å². The third kappa shape index (κ3) is 2.98. The van der Waals surface area contributed by atoms with Crippen LogP contribution in [-0.2, 0) is 9.53 Å². The molecule has 1 aromatic heterocycles. The Morgan fingerprint density at radius 1 is 1.58 bits per heavy atom. The van der Waals surface area contributed by atoms with Crippen LogP contribution in [0, 0.1) is 17.3 Å². The average molecular weight is 283 g/mol. The summed E-state index contributed by atoms with van der Waals surface area (Å²) in [5, 5.41) is 13.0. The lowest BCUT2D eigenvalue weighted by molar-refractivity contribution is -0.153. The lowest BCUT2D eigenvalue weighted by Gasteiger charge is -2.41. The normalized spacial score (nSPS) is 27.8. The number of carbonyl (C=O) groups is 1. The number of esters is 1. The molecule has 0 bridgehead atoms. The fraction of sp³-hybridized carbons (Fsp3) is 0.714. The SMILES string of the molecule is COC(=O)C1CCC(C(O)c2nccs2)CC1(C)C. The van der Waals surface area contributed by atoms with Crippen molar-refractivity contribution in [3.8, 4) is 0 Å². The Morgan fingerprint density at radius 3 is 2.84 bits per heavy atom. The molecule has 1 aliphatic carbocycles. The van der Waals surface area contributed by atoms with E-state index in [9.17, 15) is 9.90 Å². The highest BCUT2D eigenvalue weighted by atomic mass is 32.1. The number of methoxy groups -OCH3 is 1. The molecule has 0 saturated heterocycles. The first-order chi connectivity index (χ1) is 8.95. The standard InChI is InChI=1S/C14H21NO3S/c1-14(2)8-9(4-5-10(14)13(17)18-3)11(16)12-15-6-7-19-12/h6-7,9-11,16H,4-5,8H2,1-3H3. The lowest BCUT2D eigenvalue weighted by atomic mass is 9.64. The molecule has 5 heteroatoms. The Labute approximate surface area is 117 Å². The van der Waals surface area contributed by atoms with Gasteiger partial charge in [-0.25, -0.2) is 4.98 Å². The van der Waals surface area contributed by atoms with E-state index < -0.39 is 6.10 Å². The summed E-state index contributed by atoms with van der Waals surface area (Å²) in [6.45, 7) is 4.16. The molecule has 4 nitrogen and oxygen atoms in total. The molecule has 0 spiro atoms. The summed E-state index contributed by atoms with van der Waals surface area (Å²) in [5.41, 5.74) is -0.145. The quantitative estimate of drug-likeness (QED) is 0.867. The molecule has 0 aromatic carbocycles. The lowest BCUT2D eigenvalue weighted by Crippen LogP contribution is -2.39. The molecule has 1 aliphatic rings. The second-order valence-corrected chi connectivity index (χ2v) is 6.85. The van der Waals surface area contributed by atoms with Gasteiger partial charge in [0.25, 0.3) is 0 Å². The van der Waals surface area contributed by atoms with Crippen LogP contribution >= 0.6 is 11.3 Å². The number of carbonyl (C=O) groups excluding carboxylic acids is 1. The van der Waals surface area contributed by atoms with Gasteiger partial charge in [-0.15, -0.1) is 11.3 Å². The highest BCUT2D eigenvalue weighted by Crippen LogP contribution is 2.47. The van der Waals surface area contributed by atoms with E-state index in [1.165, 1.54) is 18.4 Å². The monoisotopic (exact) mass is 283 g/mol. The maximum Gasteiger partial charge on any atom is 0.309 e. The summed E-state index contributed by atoms with van der Waals surface area (Å²) in [7, 11) is 1.44. The van der Waals surface area contributed by atoms with Crippen molar-refractivity contribution in [1.29, 1.82) is 0 Å². The van der Waals surface area contributed by atoms with Gasteiger partial charge in [-0.3, -0.25) is 4.79 Å². The molecular formula is C14H21NO3S. The first-order valence-electron chi connectivity index (χ1n) is 6.61. The zero-order chi connectivity index (χ0) is 14.0. The van der Waals surface area contributed by atoms with Gasteiger partial charge in [-0.2, -0.15) is 0 Å². The largest absolute Gasteiger partial charge is 0.469 e. The van der Waals surface area contributed by atoms with Gasteiger partial charge in [0, 0.05) is 11.6 Å². The first kappa shape index (κ1) is 14.5. The Bertz CT molecular complexity index is 430. The molecule has 0 radical (unpaired) electrons. The first-order valence-corrected chi connectivity index (χ1v) is 7.49. The molecule has 3 unspecified atom stereocenters. The summed E-state index contributed by atoms with van der Waals surface area (Å²) in [5.74, 6) is -0.0357. The highest BCUT2D eigenvalue weighted by Gasteiger charge is 2.43.